The Morgan fingerprint density at radius 1 is 0.976 bits per heavy atom. The number of urea groups is 1. The third-order valence-corrected chi connectivity index (χ3v) is 8.30. The van der Waals surface area contributed by atoms with E-state index >= 15 is 0 Å². The van der Waals surface area contributed by atoms with Crippen LogP contribution in [0.3, 0.4) is 0 Å². The fourth-order valence-electron chi connectivity index (χ4n) is 6.62. The Morgan fingerprint density at radius 3 is 2.24 bits per heavy atom. The molecule has 12 heteroatoms. The number of hydrogen-bond donors (Lipinski definition) is 6. The molecular weight excluding hydrogens is 542 g/mol. The summed E-state index contributed by atoms with van der Waals surface area (Å²) in [6.45, 7) is 0. The molecule has 0 radical (unpaired) electrons. The lowest BCUT2D eigenvalue weighted by Crippen LogP contribution is -2.53. The second kappa shape index (κ2) is 10.5. The predicted octanol–water partition coefficient (Wildman–Crippen LogP) is 2.72. The number of aliphatic hydroxyl groups is 2. The smallest absolute Gasteiger partial charge is 0.323 e. The monoisotopic (exact) mass is 575 g/mol. The number of carbonyl (C=O) groups excluding carboxylic acids is 4. The van der Waals surface area contributed by atoms with Gasteiger partial charge in [-0.2, -0.15) is 0 Å². The Hall–Kier alpha value is -4.84. The fraction of sp³-hybridized carbons (Fsp3) is 0.333. The van der Waals surface area contributed by atoms with Crippen molar-refractivity contribution in [3.8, 4) is 5.75 Å². The minimum absolute atomic E-state index is 0.0169. The summed E-state index contributed by atoms with van der Waals surface area (Å²) in [5.41, 5.74) is 6.32. The normalized spacial score (nSPS) is 23.3. The second-order valence-electron chi connectivity index (χ2n) is 11.3. The SMILES string of the molecule is CN(C)c1cc(NC(=O)Nc2ccccc2)c(O)c2c1C[C@H]1C[C@@H]3C(C(=O)C(C(N)=O)=C(O)[C@H]3N(C)C)C(O)=C1C2=O. The number of ketones is 2. The van der Waals surface area contributed by atoms with Gasteiger partial charge in [0.2, 0.25) is 0 Å². The third-order valence-electron chi connectivity index (χ3n) is 8.30. The number of aliphatic hydroxyl groups excluding tert-OH is 2. The van der Waals surface area contributed by atoms with Crippen molar-refractivity contribution < 1.29 is 34.5 Å². The van der Waals surface area contributed by atoms with Crippen molar-refractivity contribution >= 4 is 40.6 Å². The number of anilines is 3. The Balaban J connectivity index is 1.60. The molecule has 3 aliphatic carbocycles. The number of allylic oxidation sites excluding steroid dienone is 2. The van der Waals surface area contributed by atoms with E-state index in [0.717, 1.165) is 0 Å². The number of rotatable bonds is 5. The van der Waals surface area contributed by atoms with Crippen LogP contribution in [0.5, 0.6) is 5.75 Å². The number of phenols is 1. The van der Waals surface area contributed by atoms with Gasteiger partial charge in [0.25, 0.3) is 5.91 Å². The number of para-hydroxylation sites is 1. The highest BCUT2D eigenvalue weighted by atomic mass is 16.3. The molecule has 3 aliphatic rings. The summed E-state index contributed by atoms with van der Waals surface area (Å²) < 4.78 is 0. The number of hydrogen-bond acceptors (Lipinski definition) is 9. The maximum absolute atomic E-state index is 14.1. The van der Waals surface area contributed by atoms with E-state index in [4.69, 9.17) is 5.73 Å². The van der Waals surface area contributed by atoms with Crippen LogP contribution in [0.2, 0.25) is 0 Å². The number of nitrogens with two attached hydrogens (primary N) is 1. The van der Waals surface area contributed by atoms with Crippen molar-refractivity contribution in [1.29, 1.82) is 0 Å². The van der Waals surface area contributed by atoms with Gasteiger partial charge in [-0.25, -0.2) is 4.79 Å². The lowest BCUT2D eigenvalue weighted by Gasteiger charge is -2.46. The first-order valence-corrected chi connectivity index (χ1v) is 13.4. The number of nitrogens with zero attached hydrogens (tertiary/aromatic N) is 2. The van der Waals surface area contributed by atoms with Gasteiger partial charge in [0, 0.05) is 31.0 Å². The van der Waals surface area contributed by atoms with Crippen molar-refractivity contribution in [2.45, 2.75) is 18.9 Å². The van der Waals surface area contributed by atoms with Crippen molar-refractivity contribution in [2.24, 2.45) is 23.5 Å². The zero-order valence-corrected chi connectivity index (χ0v) is 23.6. The molecule has 7 N–H and O–H groups in total. The van der Waals surface area contributed by atoms with E-state index in [2.05, 4.69) is 10.6 Å². The number of primary amides is 1. The minimum Gasteiger partial charge on any atom is -0.511 e. The molecule has 1 unspecified atom stereocenters. The van der Waals surface area contributed by atoms with E-state index in [-0.39, 0.29) is 29.7 Å². The van der Waals surface area contributed by atoms with Crippen LogP contribution in [-0.4, -0.2) is 78.0 Å². The Labute approximate surface area is 242 Å². The number of carbonyl (C=O) groups is 4. The molecule has 12 nitrogen and oxygen atoms in total. The number of amides is 3. The van der Waals surface area contributed by atoms with Crippen molar-refractivity contribution in [3.05, 3.63) is 70.2 Å². The molecule has 2 aromatic rings. The van der Waals surface area contributed by atoms with Gasteiger partial charge < -0.3 is 36.6 Å². The number of fused-ring (bicyclic) bond motifs is 3. The molecule has 2 aromatic carbocycles. The van der Waals surface area contributed by atoms with Gasteiger partial charge in [-0.1, -0.05) is 18.2 Å². The summed E-state index contributed by atoms with van der Waals surface area (Å²) >= 11 is 0. The van der Waals surface area contributed by atoms with Gasteiger partial charge >= 0.3 is 6.03 Å². The standard InChI is InChI=1S/C30H33N5O7/c1-34(2)18-12-17(33-30(42)32-14-8-6-5-7-9-14)24(36)20-15(18)10-13-11-16-21(26(38)19(13)25(20)37)27(39)22(29(31)41)28(40)23(16)35(3)4/h5-9,12-13,16,21,23,36,38,40H,10-11H2,1-4H3,(H2,31,41)(H2,32,33,42)/t13-,16+,21?,23-/m0/s1. The van der Waals surface area contributed by atoms with Crippen LogP contribution in [0.25, 0.3) is 0 Å². The first-order chi connectivity index (χ1) is 19.8. The summed E-state index contributed by atoms with van der Waals surface area (Å²) in [6, 6.07) is 8.82. The zero-order chi connectivity index (χ0) is 30.6. The molecule has 0 bridgehead atoms. The van der Waals surface area contributed by atoms with Gasteiger partial charge in [-0.15, -0.1) is 0 Å². The number of Topliss-reactive ketones (excluding diaryl/α,β-unsaturated/α-hetero) is 2. The lowest BCUT2D eigenvalue weighted by atomic mass is 9.61. The van der Waals surface area contributed by atoms with Gasteiger partial charge in [0.1, 0.15) is 17.1 Å². The van der Waals surface area contributed by atoms with Gasteiger partial charge in [0.15, 0.2) is 17.3 Å². The first kappa shape index (κ1) is 28.7. The summed E-state index contributed by atoms with van der Waals surface area (Å²) in [5, 5.41) is 38.9. The molecule has 0 spiro atoms. The molecule has 220 valence electrons. The number of likely N-dealkylation sites (N-methyl/N-ethyl adjacent to an activating group) is 1. The molecule has 0 saturated carbocycles. The third kappa shape index (κ3) is 4.53. The van der Waals surface area contributed by atoms with E-state index in [9.17, 15) is 34.5 Å². The summed E-state index contributed by atoms with van der Waals surface area (Å²) in [6.07, 6.45) is 0.482. The van der Waals surface area contributed by atoms with E-state index < -0.39 is 70.1 Å². The average molecular weight is 576 g/mol. The Morgan fingerprint density at radius 2 is 1.64 bits per heavy atom. The molecule has 0 saturated heterocycles. The molecule has 3 amide bonds. The molecular formula is C30H33N5O7. The summed E-state index contributed by atoms with van der Waals surface area (Å²) in [4.78, 5) is 55.8. The maximum atomic E-state index is 14.1. The lowest BCUT2D eigenvalue weighted by molar-refractivity contribution is -0.127. The highest BCUT2D eigenvalue weighted by Crippen LogP contribution is 2.52. The predicted molar refractivity (Wildman–Crippen MR) is 156 cm³/mol. The van der Waals surface area contributed by atoms with E-state index in [0.29, 0.717) is 16.9 Å². The molecule has 0 aromatic heterocycles. The minimum atomic E-state index is -1.28. The molecule has 0 heterocycles. The quantitative estimate of drug-likeness (QED) is 0.230. The Bertz CT molecular complexity index is 1580. The second-order valence-corrected chi connectivity index (χ2v) is 11.3. The maximum Gasteiger partial charge on any atom is 0.323 e. The van der Waals surface area contributed by atoms with Crippen LogP contribution in [0.15, 0.2) is 59.1 Å². The average Bonchev–Trinajstić information content (AvgIpc) is 2.89. The molecule has 42 heavy (non-hydrogen) atoms. The number of aromatic hydroxyl groups is 1. The van der Waals surface area contributed by atoms with Crippen LogP contribution < -0.4 is 21.3 Å². The van der Waals surface area contributed by atoms with E-state index in [1.165, 1.54) is 0 Å². The zero-order valence-electron chi connectivity index (χ0n) is 23.6. The van der Waals surface area contributed by atoms with Crippen LogP contribution in [0.4, 0.5) is 21.9 Å². The van der Waals surface area contributed by atoms with Gasteiger partial charge in [0.05, 0.1) is 23.2 Å². The van der Waals surface area contributed by atoms with E-state index in [1.54, 1.807) is 74.4 Å². The summed E-state index contributed by atoms with van der Waals surface area (Å²) in [5.74, 6) is -6.53. The van der Waals surface area contributed by atoms with E-state index in [1.807, 2.05) is 0 Å². The molecule has 0 aliphatic heterocycles. The number of benzene rings is 2. The molecule has 0 fully saturated rings. The largest absolute Gasteiger partial charge is 0.511 e. The van der Waals surface area contributed by atoms with Crippen LogP contribution >= 0.6 is 0 Å². The first-order valence-electron chi connectivity index (χ1n) is 13.4. The van der Waals surface area contributed by atoms with Crippen molar-refractivity contribution in [1.82, 2.24) is 4.90 Å². The topological polar surface area (TPSA) is 186 Å². The van der Waals surface area contributed by atoms with Gasteiger partial charge in [-0.05, 0) is 62.5 Å². The highest BCUT2D eigenvalue weighted by molar-refractivity contribution is 6.22. The Kier molecular flexibility index (Phi) is 7.19. The highest BCUT2D eigenvalue weighted by Gasteiger charge is 2.54. The number of nitrogens with one attached hydrogen (secondary N) is 2. The summed E-state index contributed by atoms with van der Waals surface area (Å²) in [7, 11) is 6.88. The number of phenolic OH excluding ortho intramolecular Hbond substituents is 1. The fourth-order valence-corrected chi connectivity index (χ4v) is 6.62. The molecule has 4 atom stereocenters. The molecule has 5 rings (SSSR count). The van der Waals surface area contributed by atoms with Crippen LogP contribution in [0.1, 0.15) is 22.3 Å². The van der Waals surface area contributed by atoms with Crippen LogP contribution in [0, 0.1) is 17.8 Å². The van der Waals surface area contributed by atoms with Gasteiger partial charge in [-0.3, -0.25) is 19.3 Å². The van der Waals surface area contributed by atoms with Crippen molar-refractivity contribution in [3.63, 3.8) is 0 Å². The van der Waals surface area contributed by atoms with Crippen LogP contribution in [-0.2, 0) is 16.0 Å². The van der Waals surface area contributed by atoms with Crippen molar-refractivity contribution in [2.75, 3.05) is 43.7 Å².